The van der Waals surface area contributed by atoms with Crippen molar-refractivity contribution in [3.05, 3.63) is 35.4 Å². The maximum Gasteiger partial charge on any atom is 0.318 e. The van der Waals surface area contributed by atoms with E-state index in [1.54, 1.807) is 0 Å². The smallest absolute Gasteiger partial charge is 0.318 e. The molecule has 0 unspecified atom stereocenters. The molecule has 1 fully saturated rings. The van der Waals surface area contributed by atoms with Gasteiger partial charge in [0.1, 0.15) is 0 Å². The normalized spacial score (nSPS) is 20.0. The number of fused-ring (bicyclic) bond motifs is 1. The summed E-state index contributed by atoms with van der Waals surface area (Å²) in [5.41, 5.74) is 2.69. The number of likely N-dealkylation sites (N-methyl/N-ethyl adjacent to an activating group) is 1. The molecule has 0 spiro atoms. The Morgan fingerprint density at radius 1 is 1.14 bits per heavy atom. The fourth-order valence-corrected chi connectivity index (χ4v) is 3.82. The van der Waals surface area contributed by atoms with Gasteiger partial charge in [-0.1, -0.05) is 43.5 Å². The largest absolute Gasteiger partial charge is 0.336 e. The summed E-state index contributed by atoms with van der Waals surface area (Å²) in [6.45, 7) is 2.22. The molecule has 2 amide bonds. The summed E-state index contributed by atoms with van der Waals surface area (Å²) >= 11 is 0. The van der Waals surface area contributed by atoms with Crippen molar-refractivity contribution in [3.63, 3.8) is 0 Å². The topological polar surface area (TPSA) is 35.6 Å². The molecule has 2 aliphatic rings. The molecule has 4 nitrogen and oxygen atoms in total. The molecular weight excluding hydrogens is 274 g/mol. The highest BCUT2D eigenvalue weighted by molar-refractivity contribution is 5.75. The van der Waals surface area contributed by atoms with Crippen LogP contribution in [0.1, 0.15) is 43.2 Å². The van der Waals surface area contributed by atoms with Gasteiger partial charge in [-0.05, 0) is 38.1 Å². The number of nitrogens with zero attached hydrogens (tertiary/aromatic N) is 2. The predicted molar refractivity (Wildman–Crippen MR) is 88.6 cm³/mol. The van der Waals surface area contributed by atoms with Gasteiger partial charge in [0.2, 0.25) is 0 Å². The van der Waals surface area contributed by atoms with Crippen LogP contribution in [0.2, 0.25) is 0 Å². The molecule has 1 heterocycles. The molecule has 4 heteroatoms. The van der Waals surface area contributed by atoms with Crippen LogP contribution in [0, 0.1) is 0 Å². The van der Waals surface area contributed by atoms with Crippen molar-refractivity contribution < 1.29 is 4.79 Å². The van der Waals surface area contributed by atoms with Crippen LogP contribution < -0.4 is 5.32 Å². The second-order valence-corrected chi connectivity index (χ2v) is 6.96. The number of hydrogen-bond acceptors (Lipinski definition) is 2. The van der Waals surface area contributed by atoms with Crippen molar-refractivity contribution in [3.8, 4) is 0 Å². The van der Waals surface area contributed by atoms with Crippen LogP contribution in [-0.2, 0) is 13.1 Å². The van der Waals surface area contributed by atoms with Crippen LogP contribution in [0.3, 0.4) is 0 Å². The molecule has 0 saturated heterocycles. The molecular formula is C18H27N3O. The molecule has 3 rings (SSSR count). The highest BCUT2D eigenvalue weighted by Crippen LogP contribution is 2.31. The molecule has 0 bridgehead atoms. The maximum atomic E-state index is 12.5. The zero-order chi connectivity index (χ0) is 15.6. The van der Waals surface area contributed by atoms with Gasteiger partial charge in [-0.2, -0.15) is 0 Å². The molecule has 120 valence electrons. The molecule has 1 saturated carbocycles. The third-order valence-corrected chi connectivity index (χ3v) is 5.43. The SMILES string of the molecule is CN(C)C1(CNC(=O)N2Cc3ccccc3C2)CCCCC1. The fourth-order valence-electron chi connectivity index (χ4n) is 3.82. The standard InChI is InChI=1S/C18H27N3O/c1-20(2)18(10-6-3-7-11-18)14-19-17(22)21-12-15-8-4-5-9-16(15)13-21/h4-5,8-9H,3,6-7,10-14H2,1-2H3,(H,19,22). The monoisotopic (exact) mass is 301 g/mol. The average Bonchev–Trinajstić information content (AvgIpc) is 2.97. The number of rotatable bonds is 3. The maximum absolute atomic E-state index is 12.5. The second-order valence-electron chi connectivity index (χ2n) is 6.96. The van der Waals surface area contributed by atoms with Gasteiger partial charge in [0, 0.05) is 25.2 Å². The first-order chi connectivity index (χ1) is 10.6. The highest BCUT2D eigenvalue weighted by Gasteiger charge is 2.35. The number of urea groups is 1. The van der Waals surface area contributed by atoms with Gasteiger partial charge in [-0.3, -0.25) is 0 Å². The molecule has 1 N–H and O–H groups in total. The quantitative estimate of drug-likeness (QED) is 0.931. The van der Waals surface area contributed by atoms with E-state index >= 15 is 0 Å². The van der Waals surface area contributed by atoms with Crippen LogP contribution in [0.15, 0.2) is 24.3 Å². The van der Waals surface area contributed by atoms with E-state index in [2.05, 4.69) is 36.4 Å². The molecule has 1 aliphatic heterocycles. The van der Waals surface area contributed by atoms with E-state index in [0.717, 1.165) is 19.6 Å². The third-order valence-electron chi connectivity index (χ3n) is 5.43. The van der Waals surface area contributed by atoms with Crippen LogP contribution >= 0.6 is 0 Å². The van der Waals surface area contributed by atoms with Crippen LogP contribution in [-0.4, -0.2) is 42.0 Å². The van der Waals surface area contributed by atoms with Crippen LogP contribution in [0.4, 0.5) is 4.79 Å². The summed E-state index contributed by atoms with van der Waals surface area (Å²) in [6.07, 6.45) is 6.22. The van der Waals surface area contributed by atoms with Crippen molar-refractivity contribution >= 4 is 6.03 Å². The van der Waals surface area contributed by atoms with Crippen LogP contribution in [0.25, 0.3) is 0 Å². The Morgan fingerprint density at radius 3 is 2.27 bits per heavy atom. The number of carbonyl (C=O) groups is 1. The molecule has 0 aromatic heterocycles. The predicted octanol–water partition coefficient (Wildman–Crippen LogP) is 2.98. The highest BCUT2D eigenvalue weighted by atomic mass is 16.2. The van der Waals surface area contributed by atoms with Gasteiger partial charge in [-0.15, -0.1) is 0 Å². The lowest BCUT2D eigenvalue weighted by Crippen LogP contribution is -2.55. The van der Waals surface area contributed by atoms with E-state index in [1.165, 1.54) is 43.2 Å². The summed E-state index contributed by atoms with van der Waals surface area (Å²) in [6, 6.07) is 8.39. The first-order valence-corrected chi connectivity index (χ1v) is 8.38. The number of hydrogen-bond donors (Lipinski definition) is 1. The number of nitrogens with one attached hydrogen (secondary N) is 1. The number of benzene rings is 1. The molecule has 0 radical (unpaired) electrons. The molecule has 1 aliphatic carbocycles. The Bertz CT molecular complexity index is 510. The Morgan fingerprint density at radius 2 is 1.73 bits per heavy atom. The Balaban J connectivity index is 1.58. The van der Waals surface area contributed by atoms with Gasteiger partial charge in [-0.25, -0.2) is 4.79 Å². The summed E-state index contributed by atoms with van der Waals surface area (Å²) in [5.74, 6) is 0. The number of carbonyl (C=O) groups excluding carboxylic acids is 1. The summed E-state index contributed by atoms with van der Waals surface area (Å²) in [5, 5.41) is 3.20. The van der Waals surface area contributed by atoms with Gasteiger partial charge in [0.25, 0.3) is 0 Å². The average molecular weight is 301 g/mol. The Labute approximate surface area is 133 Å². The van der Waals surface area contributed by atoms with Gasteiger partial charge < -0.3 is 15.1 Å². The van der Waals surface area contributed by atoms with E-state index in [-0.39, 0.29) is 11.6 Å². The first-order valence-electron chi connectivity index (χ1n) is 8.38. The van der Waals surface area contributed by atoms with E-state index in [9.17, 15) is 4.79 Å². The van der Waals surface area contributed by atoms with Crippen molar-refractivity contribution in [2.45, 2.75) is 50.7 Å². The van der Waals surface area contributed by atoms with Gasteiger partial charge in [0.05, 0.1) is 0 Å². The fraction of sp³-hybridized carbons (Fsp3) is 0.611. The van der Waals surface area contributed by atoms with E-state index < -0.39 is 0 Å². The lowest BCUT2D eigenvalue weighted by atomic mass is 9.80. The minimum atomic E-state index is 0.0722. The number of amides is 2. The summed E-state index contributed by atoms with van der Waals surface area (Å²) in [4.78, 5) is 16.7. The van der Waals surface area contributed by atoms with E-state index in [1.807, 2.05) is 17.0 Å². The molecule has 1 aromatic carbocycles. The zero-order valence-electron chi connectivity index (χ0n) is 13.8. The van der Waals surface area contributed by atoms with Crippen molar-refractivity contribution in [2.24, 2.45) is 0 Å². The second kappa shape index (κ2) is 6.29. The molecule has 1 aromatic rings. The third kappa shape index (κ3) is 2.98. The van der Waals surface area contributed by atoms with Crippen LogP contribution in [0.5, 0.6) is 0 Å². The Kier molecular flexibility index (Phi) is 4.39. The van der Waals surface area contributed by atoms with Crippen molar-refractivity contribution in [2.75, 3.05) is 20.6 Å². The Hall–Kier alpha value is -1.55. The summed E-state index contributed by atoms with van der Waals surface area (Å²) in [7, 11) is 4.28. The van der Waals surface area contributed by atoms with E-state index in [4.69, 9.17) is 0 Å². The van der Waals surface area contributed by atoms with Crippen molar-refractivity contribution in [1.29, 1.82) is 0 Å². The van der Waals surface area contributed by atoms with Gasteiger partial charge >= 0.3 is 6.03 Å². The minimum absolute atomic E-state index is 0.0722. The van der Waals surface area contributed by atoms with E-state index in [0.29, 0.717) is 0 Å². The van der Waals surface area contributed by atoms with Crippen molar-refractivity contribution in [1.82, 2.24) is 15.1 Å². The lowest BCUT2D eigenvalue weighted by Gasteiger charge is -2.43. The minimum Gasteiger partial charge on any atom is -0.336 e. The zero-order valence-corrected chi connectivity index (χ0v) is 13.8. The molecule has 22 heavy (non-hydrogen) atoms. The molecule has 0 atom stereocenters. The summed E-state index contributed by atoms with van der Waals surface area (Å²) < 4.78 is 0. The lowest BCUT2D eigenvalue weighted by molar-refractivity contribution is 0.0977. The first kappa shape index (κ1) is 15.3. The van der Waals surface area contributed by atoms with Gasteiger partial charge in [0.15, 0.2) is 0 Å².